The molecule has 0 spiro atoms. The van der Waals surface area contributed by atoms with Crippen molar-refractivity contribution in [2.24, 2.45) is 0 Å². The number of hydrogen-bond acceptors (Lipinski definition) is 4. The minimum atomic E-state index is -3.56. The van der Waals surface area contributed by atoms with E-state index in [1.807, 2.05) is 13.8 Å². The molecule has 0 unspecified atom stereocenters. The summed E-state index contributed by atoms with van der Waals surface area (Å²) in [4.78, 5) is 12.7. The summed E-state index contributed by atoms with van der Waals surface area (Å²) in [5, 5.41) is 7.01. The van der Waals surface area contributed by atoms with E-state index in [2.05, 4.69) is 10.4 Å². The van der Waals surface area contributed by atoms with Crippen LogP contribution in [-0.2, 0) is 10.0 Å². The Morgan fingerprint density at radius 3 is 2.39 bits per heavy atom. The standard InChI is InChI=1S/C20H28N4O3S/c1-15(2)24-19(13-14-21-24)22-20(25)16-9-11-18(12-10-16)28(26,27)23(3)17-7-5-4-6-8-17/h9-15,17H,4-8H2,1-3H3,(H,22,25). The zero-order valence-corrected chi connectivity index (χ0v) is 17.4. The van der Waals surface area contributed by atoms with Gasteiger partial charge in [0.1, 0.15) is 5.82 Å². The second-order valence-corrected chi connectivity index (χ2v) is 9.54. The first-order valence-electron chi connectivity index (χ1n) is 9.73. The normalized spacial score (nSPS) is 15.9. The maximum absolute atomic E-state index is 12.9. The third-order valence-electron chi connectivity index (χ3n) is 5.28. The van der Waals surface area contributed by atoms with Crippen LogP contribution in [0.5, 0.6) is 0 Å². The van der Waals surface area contributed by atoms with Crippen molar-refractivity contribution in [1.82, 2.24) is 14.1 Å². The number of hydrogen-bond donors (Lipinski definition) is 1. The molecule has 8 heteroatoms. The second kappa shape index (κ2) is 8.45. The molecule has 0 saturated heterocycles. The van der Waals surface area contributed by atoms with Crippen molar-refractivity contribution in [1.29, 1.82) is 0 Å². The third kappa shape index (κ3) is 4.28. The summed E-state index contributed by atoms with van der Waals surface area (Å²) < 4.78 is 29.0. The number of aromatic nitrogens is 2. The van der Waals surface area contributed by atoms with Gasteiger partial charge in [0.2, 0.25) is 10.0 Å². The molecule has 1 aliphatic rings. The lowest BCUT2D eigenvalue weighted by atomic mass is 9.96. The Balaban J connectivity index is 1.73. The molecule has 1 aromatic heterocycles. The molecule has 1 aromatic carbocycles. The molecular weight excluding hydrogens is 376 g/mol. The molecule has 28 heavy (non-hydrogen) atoms. The van der Waals surface area contributed by atoms with Gasteiger partial charge in [0.15, 0.2) is 0 Å². The van der Waals surface area contributed by atoms with Gasteiger partial charge in [-0.3, -0.25) is 4.79 Å². The molecule has 1 saturated carbocycles. The number of nitrogens with one attached hydrogen (secondary N) is 1. The van der Waals surface area contributed by atoms with Crippen molar-refractivity contribution in [3.05, 3.63) is 42.1 Å². The van der Waals surface area contributed by atoms with Crippen LogP contribution in [0.3, 0.4) is 0 Å². The van der Waals surface area contributed by atoms with Crippen molar-refractivity contribution >= 4 is 21.7 Å². The molecule has 0 bridgehead atoms. The minimum Gasteiger partial charge on any atom is -0.307 e. The van der Waals surface area contributed by atoms with Crippen LogP contribution >= 0.6 is 0 Å². The van der Waals surface area contributed by atoms with Crippen LogP contribution in [0.1, 0.15) is 62.4 Å². The first-order chi connectivity index (χ1) is 13.3. The highest BCUT2D eigenvalue weighted by Gasteiger charge is 2.29. The summed E-state index contributed by atoms with van der Waals surface area (Å²) >= 11 is 0. The van der Waals surface area contributed by atoms with E-state index in [4.69, 9.17) is 0 Å². The molecular formula is C20H28N4O3S. The van der Waals surface area contributed by atoms with Crippen LogP contribution < -0.4 is 5.32 Å². The molecule has 3 rings (SSSR count). The quantitative estimate of drug-likeness (QED) is 0.796. The van der Waals surface area contributed by atoms with Crippen LogP contribution in [0.25, 0.3) is 0 Å². The summed E-state index contributed by atoms with van der Waals surface area (Å²) in [6, 6.07) is 8.01. The number of carbonyl (C=O) groups excluding carboxylic acids is 1. The predicted molar refractivity (Wildman–Crippen MR) is 109 cm³/mol. The third-order valence-corrected chi connectivity index (χ3v) is 7.21. The summed E-state index contributed by atoms with van der Waals surface area (Å²) in [6.45, 7) is 3.95. The Morgan fingerprint density at radius 1 is 1.14 bits per heavy atom. The Hall–Kier alpha value is -2.19. The Labute approximate surface area is 166 Å². The maximum atomic E-state index is 12.9. The van der Waals surface area contributed by atoms with Gasteiger partial charge in [-0.05, 0) is 51.0 Å². The van der Waals surface area contributed by atoms with Gasteiger partial charge >= 0.3 is 0 Å². The van der Waals surface area contributed by atoms with Crippen LogP contribution in [0, 0.1) is 0 Å². The molecule has 1 fully saturated rings. The molecule has 0 radical (unpaired) electrons. The topological polar surface area (TPSA) is 84.3 Å². The van der Waals surface area contributed by atoms with Crippen LogP contribution in [0.15, 0.2) is 41.4 Å². The Morgan fingerprint density at radius 2 is 1.79 bits per heavy atom. The molecule has 0 atom stereocenters. The average molecular weight is 405 g/mol. The lowest BCUT2D eigenvalue weighted by Crippen LogP contribution is -2.38. The number of anilines is 1. The summed E-state index contributed by atoms with van der Waals surface area (Å²) in [5.74, 6) is 0.306. The van der Waals surface area contributed by atoms with Crippen molar-refractivity contribution in [2.75, 3.05) is 12.4 Å². The smallest absolute Gasteiger partial charge is 0.256 e. The number of benzene rings is 1. The fraction of sp³-hybridized carbons (Fsp3) is 0.500. The molecule has 1 heterocycles. The zero-order chi connectivity index (χ0) is 20.3. The average Bonchev–Trinajstić information content (AvgIpc) is 3.16. The van der Waals surface area contributed by atoms with E-state index >= 15 is 0 Å². The van der Waals surface area contributed by atoms with Gasteiger partial charge in [-0.15, -0.1) is 0 Å². The van der Waals surface area contributed by atoms with E-state index in [0.717, 1.165) is 25.7 Å². The van der Waals surface area contributed by atoms with Crippen LogP contribution in [-0.4, -0.2) is 41.5 Å². The van der Waals surface area contributed by atoms with Crippen molar-refractivity contribution in [3.8, 4) is 0 Å². The summed E-state index contributed by atoms with van der Waals surface area (Å²) in [6.07, 6.45) is 6.74. The minimum absolute atomic E-state index is 0.0537. The molecule has 2 aromatic rings. The van der Waals surface area contributed by atoms with Gasteiger partial charge in [-0.1, -0.05) is 19.3 Å². The Bertz CT molecular complexity index is 913. The van der Waals surface area contributed by atoms with E-state index < -0.39 is 10.0 Å². The highest BCUT2D eigenvalue weighted by Crippen LogP contribution is 2.26. The lowest BCUT2D eigenvalue weighted by molar-refractivity contribution is 0.102. The maximum Gasteiger partial charge on any atom is 0.256 e. The molecule has 1 N–H and O–H groups in total. The SMILES string of the molecule is CC(C)n1nccc1NC(=O)c1ccc(S(=O)(=O)N(C)C2CCCCC2)cc1. The number of sulfonamides is 1. The number of rotatable bonds is 6. The van der Waals surface area contributed by atoms with Gasteiger partial charge in [0.05, 0.1) is 11.1 Å². The van der Waals surface area contributed by atoms with Crippen molar-refractivity contribution in [3.63, 3.8) is 0 Å². The Kier molecular flexibility index (Phi) is 6.20. The molecule has 1 aliphatic carbocycles. The van der Waals surface area contributed by atoms with E-state index in [-0.39, 0.29) is 22.9 Å². The van der Waals surface area contributed by atoms with E-state index in [0.29, 0.717) is 11.4 Å². The first kappa shape index (κ1) is 20.5. The van der Waals surface area contributed by atoms with Crippen LogP contribution in [0.2, 0.25) is 0 Å². The van der Waals surface area contributed by atoms with Gasteiger partial charge in [-0.2, -0.15) is 9.40 Å². The molecule has 1 amide bonds. The number of carbonyl (C=O) groups is 1. The summed E-state index contributed by atoms with van der Waals surface area (Å²) in [5.41, 5.74) is 0.399. The second-order valence-electron chi connectivity index (χ2n) is 7.55. The van der Waals surface area contributed by atoms with Crippen LogP contribution in [0.4, 0.5) is 5.82 Å². The molecule has 152 valence electrons. The molecule has 0 aliphatic heterocycles. The predicted octanol–water partition coefficient (Wildman–Crippen LogP) is 3.67. The van der Waals surface area contributed by atoms with E-state index in [1.165, 1.54) is 22.9 Å². The van der Waals surface area contributed by atoms with Crippen molar-refractivity contribution < 1.29 is 13.2 Å². The largest absolute Gasteiger partial charge is 0.307 e. The van der Waals surface area contributed by atoms with Gasteiger partial charge in [-0.25, -0.2) is 13.1 Å². The van der Waals surface area contributed by atoms with Gasteiger partial charge < -0.3 is 5.32 Å². The fourth-order valence-corrected chi connectivity index (χ4v) is 5.01. The monoisotopic (exact) mass is 404 g/mol. The molecule has 7 nitrogen and oxygen atoms in total. The van der Waals surface area contributed by atoms with Gasteiger partial charge in [0.25, 0.3) is 5.91 Å². The fourth-order valence-electron chi connectivity index (χ4n) is 3.60. The number of nitrogens with zero attached hydrogens (tertiary/aromatic N) is 3. The zero-order valence-electron chi connectivity index (χ0n) is 16.6. The van der Waals surface area contributed by atoms with E-state index in [1.54, 1.807) is 36.1 Å². The highest BCUT2D eigenvalue weighted by atomic mass is 32.2. The highest BCUT2D eigenvalue weighted by molar-refractivity contribution is 7.89. The lowest BCUT2D eigenvalue weighted by Gasteiger charge is -2.30. The van der Waals surface area contributed by atoms with E-state index in [9.17, 15) is 13.2 Å². The number of amides is 1. The first-order valence-corrected chi connectivity index (χ1v) is 11.2. The van der Waals surface area contributed by atoms with Gasteiger partial charge in [0, 0.05) is 30.8 Å². The summed E-state index contributed by atoms with van der Waals surface area (Å²) in [7, 11) is -1.91. The van der Waals surface area contributed by atoms with Crippen molar-refractivity contribution in [2.45, 2.75) is 62.9 Å².